The van der Waals surface area contributed by atoms with Gasteiger partial charge in [-0.05, 0) is 18.8 Å². The molecule has 3 nitrogen and oxygen atoms in total. The molecule has 0 aromatic rings. The Morgan fingerprint density at radius 3 is 2.36 bits per heavy atom. The molecule has 84 valence electrons. The topological polar surface area (TPSA) is 30.5 Å². The Morgan fingerprint density at radius 2 is 1.93 bits per heavy atom. The zero-order valence-corrected chi connectivity index (χ0v) is 9.58. The van der Waals surface area contributed by atoms with E-state index in [9.17, 15) is 0 Å². The molecule has 1 N–H and O–H groups in total. The third-order valence-electron chi connectivity index (χ3n) is 2.91. The van der Waals surface area contributed by atoms with E-state index in [0.717, 1.165) is 12.5 Å². The quantitative estimate of drug-likeness (QED) is 0.607. The molecule has 0 spiro atoms. The summed E-state index contributed by atoms with van der Waals surface area (Å²) in [4.78, 5) is 0. The van der Waals surface area contributed by atoms with Crippen LogP contribution in [0.2, 0.25) is 0 Å². The van der Waals surface area contributed by atoms with Crippen LogP contribution < -0.4 is 5.32 Å². The van der Waals surface area contributed by atoms with Crippen LogP contribution in [0.5, 0.6) is 0 Å². The predicted molar refractivity (Wildman–Crippen MR) is 57.2 cm³/mol. The Balaban J connectivity index is 2.11. The summed E-state index contributed by atoms with van der Waals surface area (Å²) in [5.74, 6) is 0.982. The zero-order valence-electron chi connectivity index (χ0n) is 9.58. The molecule has 1 saturated carbocycles. The minimum absolute atomic E-state index is 0.108. The summed E-state index contributed by atoms with van der Waals surface area (Å²) in [6.07, 6.45) is 5.25. The predicted octanol–water partition coefficient (Wildman–Crippen LogP) is 1.77. The lowest BCUT2D eigenvalue weighted by Gasteiger charge is -2.20. The Morgan fingerprint density at radius 1 is 1.29 bits per heavy atom. The standard InChI is InChI=1S/C11H23NO2/c1-4-10(7-9-5-6-9)12-8-11(13-2)14-3/h9-12H,4-8H2,1-3H3. The smallest absolute Gasteiger partial charge is 0.169 e. The molecule has 1 unspecified atom stereocenters. The monoisotopic (exact) mass is 201 g/mol. The third kappa shape index (κ3) is 4.40. The molecule has 0 amide bonds. The average Bonchev–Trinajstić information content (AvgIpc) is 3.01. The maximum atomic E-state index is 5.13. The minimum atomic E-state index is -0.108. The van der Waals surface area contributed by atoms with Crippen LogP contribution in [0.1, 0.15) is 32.6 Å². The number of methoxy groups -OCH3 is 2. The highest BCUT2D eigenvalue weighted by Crippen LogP contribution is 2.33. The van der Waals surface area contributed by atoms with E-state index >= 15 is 0 Å². The largest absolute Gasteiger partial charge is 0.355 e. The molecule has 0 aromatic carbocycles. The van der Waals surface area contributed by atoms with Crippen molar-refractivity contribution in [1.29, 1.82) is 0 Å². The van der Waals surface area contributed by atoms with E-state index < -0.39 is 0 Å². The number of hydrogen-bond acceptors (Lipinski definition) is 3. The van der Waals surface area contributed by atoms with Crippen molar-refractivity contribution in [3.8, 4) is 0 Å². The van der Waals surface area contributed by atoms with Gasteiger partial charge in [0, 0.05) is 26.8 Å². The first-order valence-corrected chi connectivity index (χ1v) is 5.59. The van der Waals surface area contributed by atoms with Gasteiger partial charge in [-0.1, -0.05) is 19.8 Å². The molecule has 0 aliphatic heterocycles. The molecule has 0 saturated heterocycles. The summed E-state index contributed by atoms with van der Waals surface area (Å²) in [5, 5.41) is 3.49. The number of rotatable bonds is 8. The van der Waals surface area contributed by atoms with Crippen molar-refractivity contribution in [3.63, 3.8) is 0 Å². The van der Waals surface area contributed by atoms with Crippen LogP contribution in [-0.2, 0) is 9.47 Å². The van der Waals surface area contributed by atoms with Crippen LogP contribution in [0.4, 0.5) is 0 Å². The number of ether oxygens (including phenoxy) is 2. The van der Waals surface area contributed by atoms with Crippen molar-refractivity contribution < 1.29 is 9.47 Å². The van der Waals surface area contributed by atoms with Crippen molar-refractivity contribution in [2.24, 2.45) is 5.92 Å². The second-order valence-electron chi connectivity index (χ2n) is 4.09. The molecule has 0 radical (unpaired) electrons. The summed E-state index contributed by atoms with van der Waals surface area (Å²) in [6, 6.07) is 0.635. The van der Waals surface area contributed by atoms with Crippen LogP contribution >= 0.6 is 0 Å². The molecule has 14 heavy (non-hydrogen) atoms. The Kier molecular flexibility index (Phi) is 5.45. The fourth-order valence-electron chi connectivity index (χ4n) is 1.68. The first-order chi connectivity index (χ1) is 6.80. The van der Waals surface area contributed by atoms with Gasteiger partial charge in [-0.2, -0.15) is 0 Å². The van der Waals surface area contributed by atoms with Crippen molar-refractivity contribution in [2.75, 3.05) is 20.8 Å². The lowest BCUT2D eigenvalue weighted by atomic mass is 10.1. The molecular weight excluding hydrogens is 178 g/mol. The maximum absolute atomic E-state index is 5.13. The molecule has 0 bridgehead atoms. The fourth-order valence-corrected chi connectivity index (χ4v) is 1.68. The summed E-state index contributed by atoms with van der Waals surface area (Å²) in [6.45, 7) is 3.02. The van der Waals surface area contributed by atoms with Crippen LogP contribution in [0.3, 0.4) is 0 Å². The van der Waals surface area contributed by atoms with Gasteiger partial charge in [-0.3, -0.25) is 0 Å². The average molecular weight is 201 g/mol. The van der Waals surface area contributed by atoms with Crippen molar-refractivity contribution >= 4 is 0 Å². The second-order valence-corrected chi connectivity index (χ2v) is 4.09. The Hall–Kier alpha value is -0.120. The van der Waals surface area contributed by atoms with Crippen molar-refractivity contribution in [1.82, 2.24) is 5.32 Å². The highest BCUT2D eigenvalue weighted by Gasteiger charge is 2.24. The van der Waals surface area contributed by atoms with Crippen LogP contribution in [0, 0.1) is 5.92 Å². The zero-order chi connectivity index (χ0) is 10.4. The van der Waals surface area contributed by atoms with Gasteiger partial charge in [0.25, 0.3) is 0 Å². The molecule has 1 aliphatic rings. The number of nitrogens with one attached hydrogen (secondary N) is 1. The lowest BCUT2D eigenvalue weighted by Crippen LogP contribution is -2.37. The van der Waals surface area contributed by atoms with Crippen LogP contribution in [0.15, 0.2) is 0 Å². The van der Waals surface area contributed by atoms with Gasteiger partial charge in [0.05, 0.1) is 0 Å². The molecule has 0 aromatic heterocycles. The minimum Gasteiger partial charge on any atom is -0.355 e. The summed E-state index contributed by atoms with van der Waals surface area (Å²) >= 11 is 0. The highest BCUT2D eigenvalue weighted by atomic mass is 16.7. The van der Waals surface area contributed by atoms with Gasteiger partial charge >= 0.3 is 0 Å². The molecular formula is C11H23NO2. The number of hydrogen-bond donors (Lipinski definition) is 1. The second kappa shape index (κ2) is 6.38. The van der Waals surface area contributed by atoms with Crippen LogP contribution in [0.25, 0.3) is 0 Å². The molecule has 3 heteroatoms. The van der Waals surface area contributed by atoms with Crippen molar-refractivity contribution in [3.05, 3.63) is 0 Å². The summed E-state index contributed by atoms with van der Waals surface area (Å²) in [5.41, 5.74) is 0. The first-order valence-electron chi connectivity index (χ1n) is 5.59. The van der Waals surface area contributed by atoms with E-state index in [0.29, 0.717) is 6.04 Å². The van der Waals surface area contributed by atoms with E-state index in [1.165, 1.54) is 25.7 Å². The summed E-state index contributed by atoms with van der Waals surface area (Å²) < 4.78 is 10.3. The normalized spacial score (nSPS) is 18.9. The fraction of sp³-hybridized carbons (Fsp3) is 1.00. The Bertz CT molecular complexity index is 144. The van der Waals surface area contributed by atoms with Crippen LogP contribution in [-0.4, -0.2) is 33.1 Å². The maximum Gasteiger partial charge on any atom is 0.169 e. The summed E-state index contributed by atoms with van der Waals surface area (Å²) in [7, 11) is 3.36. The molecule has 1 rings (SSSR count). The third-order valence-corrected chi connectivity index (χ3v) is 2.91. The lowest BCUT2D eigenvalue weighted by molar-refractivity contribution is -0.1000. The molecule has 1 fully saturated rings. The SMILES string of the molecule is CCC(CC1CC1)NCC(OC)OC. The van der Waals surface area contributed by atoms with E-state index in [1.54, 1.807) is 14.2 Å². The van der Waals surface area contributed by atoms with Gasteiger partial charge in [0.2, 0.25) is 0 Å². The van der Waals surface area contributed by atoms with E-state index in [-0.39, 0.29) is 6.29 Å². The molecule has 1 aliphatic carbocycles. The Labute approximate surface area is 87.2 Å². The highest BCUT2D eigenvalue weighted by molar-refractivity contribution is 4.79. The van der Waals surface area contributed by atoms with E-state index in [1.807, 2.05) is 0 Å². The molecule has 1 atom stereocenters. The van der Waals surface area contributed by atoms with Gasteiger partial charge in [0.15, 0.2) is 6.29 Å². The van der Waals surface area contributed by atoms with Crippen molar-refractivity contribution in [2.45, 2.75) is 44.9 Å². The first kappa shape index (κ1) is 12.0. The van der Waals surface area contributed by atoms with Gasteiger partial charge in [0.1, 0.15) is 0 Å². The molecule has 0 heterocycles. The van der Waals surface area contributed by atoms with Gasteiger partial charge < -0.3 is 14.8 Å². The van der Waals surface area contributed by atoms with Gasteiger partial charge in [-0.25, -0.2) is 0 Å². The van der Waals surface area contributed by atoms with E-state index in [4.69, 9.17) is 9.47 Å². The van der Waals surface area contributed by atoms with E-state index in [2.05, 4.69) is 12.2 Å². The van der Waals surface area contributed by atoms with Gasteiger partial charge in [-0.15, -0.1) is 0 Å².